The number of fused-ring (bicyclic) bond motifs is 6. The maximum Gasteiger partial charge on any atom is 0.184 e. The van der Waals surface area contributed by atoms with Gasteiger partial charge >= 0.3 is 0 Å². The van der Waals surface area contributed by atoms with Gasteiger partial charge in [-0.05, 0) is 42.0 Å². The molecule has 5 heteroatoms. The SMILES string of the molecule is c1ccc(C2=NC(n3c4ccccc4c4cc5c6ccccc6n(-c6ccccc6)c5cc43)NC(c3ccccc3)N2)cc1. The lowest BCUT2D eigenvalue weighted by Gasteiger charge is -2.33. The predicted molar refractivity (Wildman–Crippen MR) is 181 cm³/mol. The van der Waals surface area contributed by atoms with Crippen molar-refractivity contribution in [1.29, 1.82) is 0 Å². The van der Waals surface area contributed by atoms with Crippen molar-refractivity contribution in [3.8, 4) is 5.69 Å². The van der Waals surface area contributed by atoms with Crippen LogP contribution < -0.4 is 10.6 Å². The lowest BCUT2D eigenvalue weighted by Crippen LogP contribution is -2.46. The molecule has 0 fully saturated rings. The third-order valence-electron chi connectivity index (χ3n) is 8.79. The molecule has 0 saturated carbocycles. The van der Waals surface area contributed by atoms with Gasteiger partial charge in [-0.2, -0.15) is 0 Å². The zero-order valence-corrected chi connectivity index (χ0v) is 23.9. The highest BCUT2D eigenvalue weighted by Gasteiger charge is 2.28. The number of aromatic nitrogens is 2. The second-order valence-corrected chi connectivity index (χ2v) is 11.3. The molecule has 2 atom stereocenters. The number of aliphatic imine (C=N–C) groups is 1. The van der Waals surface area contributed by atoms with E-state index in [9.17, 15) is 0 Å². The molecule has 8 aromatic rings. The van der Waals surface area contributed by atoms with Crippen LogP contribution in [-0.4, -0.2) is 15.0 Å². The van der Waals surface area contributed by atoms with Gasteiger partial charge in [0.05, 0.1) is 22.1 Å². The van der Waals surface area contributed by atoms with Crippen LogP contribution in [0.2, 0.25) is 0 Å². The second kappa shape index (κ2) is 9.97. The van der Waals surface area contributed by atoms with Gasteiger partial charge < -0.3 is 14.5 Å². The minimum atomic E-state index is -0.342. The summed E-state index contributed by atoms with van der Waals surface area (Å²) >= 11 is 0. The zero-order valence-electron chi connectivity index (χ0n) is 23.9. The van der Waals surface area contributed by atoms with Crippen LogP contribution >= 0.6 is 0 Å². The lowest BCUT2D eigenvalue weighted by molar-refractivity contribution is 0.341. The first kappa shape index (κ1) is 24.9. The van der Waals surface area contributed by atoms with Gasteiger partial charge in [-0.1, -0.05) is 115 Å². The number of benzene rings is 6. The van der Waals surface area contributed by atoms with Crippen molar-refractivity contribution in [2.24, 2.45) is 4.99 Å². The van der Waals surface area contributed by atoms with Crippen molar-refractivity contribution in [3.05, 3.63) is 163 Å². The summed E-state index contributed by atoms with van der Waals surface area (Å²) in [4.78, 5) is 5.32. The van der Waals surface area contributed by atoms with E-state index in [1.807, 2.05) is 6.07 Å². The van der Waals surface area contributed by atoms with Crippen molar-refractivity contribution in [2.45, 2.75) is 12.5 Å². The van der Waals surface area contributed by atoms with Crippen LogP contribution in [0.1, 0.15) is 23.6 Å². The fourth-order valence-corrected chi connectivity index (χ4v) is 6.81. The van der Waals surface area contributed by atoms with E-state index in [1.54, 1.807) is 0 Å². The van der Waals surface area contributed by atoms with E-state index in [0.29, 0.717) is 0 Å². The molecule has 1 aliphatic rings. The van der Waals surface area contributed by atoms with E-state index in [0.717, 1.165) is 33.7 Å². The zero-order chi connectivity index (χ0) is 29.0. The van der Waals surface area contributed by atoms with E-state index < -0.39 is 0 Å². The van der Waals surface area contributed by atoms with Crippen molar-refractivity contribution < 1.29 is 0 Å². The Morgan fingerprint density at radius 3 is 1.84 bits per heavy atom. The number of hydrogen-bond donors (Lipinski definition) is 2. The van der Waals surface area contributed by atoms with Gasteiger partial charge in [0.15, 0.2) is 6.29 Å². The maximum atomic E-state index is 5.32. The largest absolute Gasteiger partial charge is 0.350 e. The highest BCUT2D eigenvalue weighted by atomic mass is 15.4. The number of hydrogen-bond acceptors (Lipinski definition) is 3. The molecule has 5 nitrogen and oxygen atoms in total. The average molecular weight is 568 g/mol. The van der Waals surface area contributed by atoms with Crippen molar-refractivity contribution in [3.63, 3.8) is 0 Å². The van der Waals surface area contributed by atoms with Crippen molar-refractivity contribution in [1.82, 2.24) is 19.8 Å². The molecular weight excluding hydrogens is 538 g/mol. The summed E-state index contributed by atoms with van der Waals surface area (Å²) in [5.41, 5.74) is 8.03. The van der Waals surface area contributed by atoms with E-state index in [2.05, 4.69) is 165 Å². The van der Waals surface area contributed by atoms with Crippen LogP contribution in [0.25, 0.3) is 49.3 Å². The summed E-state index contributed by atoms with van der Waals surface area (Å²) in [7, 11) is 0. The summed E-state index contributed by atoms with van der Waals surface area (Å²) in [6, 6.07) is 53.7. The Hall–Kier alpha value is -5.65. The van der Waals surface area contributed by atoms with E-state index >= 15 is 0 Å². The minimum Gasteiger partial charge on any atom is -0.350 e. The van der Waals surface area contributed by atoms with Gasteiger partial charge in [-0.15, -0.1) is 0 Å². The molecule has 2 N–H and O–H groups in total. The average Bonchev–Trinajstić information content (AvgIpc) is 3.60. The van der Waals surface area contributed by atoms with Gasteiger partial charge in [0.2, 0.25) is 0 Å². The van der Waals surface area contributed by atoms with E-state index in [1.165, 1.54) is 32.6 Å². The molecule has 210 valence electrons. The van der Waals surface area contributed by atoms with Crippen LogP contribution in [0, 0.1) is 0 Å². The molecule has 0 bridgehead atoms. The van der Waals surface area contributed by atoms with Gasteiger partial charge in [0.25, 0.3) is 0 Å². The van der Waals surface area contributed by atoms with Crippen LogP contribution in [0.5, 0.6) is 0 Å². The number of para-hydroxylation sites is 3. The second-order valence-electron chi connectivity index (χ2n) is 11.3. The Labute approximate surface area is 254 Å². The predicted octanol–water partition coefficient (Wildman–Crippen LogP) is 8.69. The van der Waals surface area contributed by atoms with Crippen LogP contribution in [0.4, 0.5) is 0 Å². The Kier molecular flexibility index (Phi) is 5.64. The molecule has 0 amide bonds. The third-order valence-corrected chi connectivity index (χ3v) is 8.79. The van der Waals surface area contributed by atoms with Crippen molar-refractivity contribution in [2.75, 3.05) is 0 Å². The molecule has 3 heterocycles. The Balaban J connectivity index is 1.34. The molecule has 0 saturated heterocycles. The molecule has 2 unspecified atom stereocenters. The number of rotatable bonds is 4. The smallest absolute Gasteiger partial charge is 0.184 e. The molecule has 9 rings (SSSR count). The lowest BCUT2D eigenvalue weighted by atomic mass is 10.1. The monoisotopic (exact) mass is 567 g/mol. The quantitative estimate of drug-likeness (QED) is 0.223. The summed E-state index contributed by atoms with van der Waals surface area (Å²) in [5, 5.41) is 12.4. The highest BCUT2D eigenvalue weighted by molar-refractivity contribution is 6.18. The molecular formula is C39H29N5. The third kappa shape index (κ3) is 3.87. The normalized spacial score (nSPS) is 16.9. The molecule has 1 aliphatic heterocycles. The van der Waals surface area contributed by atoms with Crippen LogP contribution in [-0.2, 0) is 0 Å². The van der Waals surface area contributed by atoms with Gasteiger partial charge in [0.1, 0.15) is 12.0 Å². The van der Waals surface area contributed by atoms with Gasteiger partial charge in [-0.3, -0.25) is 5.32 Å². The molecule has 0 spiro atoms. The van der Waals surface area contributed by atoms with Gasteiger partial charge in [0, 0.05) is 32.8 Å². The van der Waals surface area contributed by atoms with Crippen LogP contribution in [0.15, 0.2) is 157 Å². The molecule has 0 radical (unpaired) electrons. The first-order chi connectivity index (χ1) is 21.8. The summed E-state index contributed by atoms with van der Waals surface area (Å²) in [5.74, 6) is 0.869. The summed E-state index contributed by atoms with van der Waals surface area (Å²) in [6.45, 7) is 0. The minimum absolute atomic E-state index is 0.121. The standard InChI is InChI=1S/C39H29N5/c1-4-14-26(15-5-1)37-40-38(27-16-6-2-7-17-27)42-39(41-37)44-34-23-13-11-21-30(34)32-24-31-29-20-10-12-22-33(29)43(35(31)25-36(32)44)28-18-8-3-9-19-28/h1-25,37,39,41H,(H,40,42). The number of amidine groups is 1. The Morgan fingerprint density at radius 1 is 0.500 bits per heavy atom. The molecule has 2 aromatic heterocycles. The Bertz CT molecular complexity index is 2330. The molecule has 0 aliphatic carbocycles. The van der Waals surface area contributed by atoms with Gasteiger partial charge in [-0.25, -0.2) is 4.99 Å². The molecule has 44 heavy (non-hydrogen) atoms. The molecule has 6 aromatic carbocycles. The van der Waals surface area contributed by atoms with E-state index in [4.69, 9.17) is 4.99 Å². The maximum absolute atomic E-state index is 5.32. The first-order valence-corrected chi connectivity index (χ1v) is 15.1. The fraction of sp³-hybridized carbons (Fsp3) is 0.0513. The Morgan fingerprint density at radius 2 is 1.09 bits per heavy atom. The summed E-state index contributed by atoms with van der Waals surface area (Å²) < 4.78 is 4.75. The van der Waals surface area contributed by atoms with Crippen LogP contribution in [0.3, 0.4) is 0 Å². The first-order valence-electron chi connectivity index (χ1n) is 15.1. The van der Waals surface area contributed by atoms with Crippen molar-refractivity contribution >= 4 is 49.4 Å². The summed E-state index contributed by atoms with van der Waals surface area (Å²) in [6.07, 6.45) is -0.462. The number of nitrogens with zero attached hydrogens (tertiary/aromatic N) is 3. The highest BCUT2D eigenvalue weighted by Crippen LogP contribution is 2.40. The number of nitrogens with one attached hydrogen (secondary N) is 2. The van der Waals surface area contributed by atoms with E-state index in [-0.39, 0.29) is 12.5 Å². The topological polar surface area (TPSA) is 46.3 Å². The fourth-order valence-electron chi connectivity index (χ4n) is 6.81.